The van der Waals surface area contributed by atoms with Gasteiger partial charge >= 0.3 is 0 Å². The molecule has 1 aliphatic carbocycles. The molecule has 1 aromatic carbocycles. The summed E-state index contributed by atoms with van der Waals surface area (Å²) < 4.78 is 2.35. The monoisotopic (exact) mass is 480 g/mol. The summed E-state index contributed by atoms with van der Waals surface area (Å²) in [5.74, 6) is 0. The molecule has 1 aliphatic rings. The third-order valence-corrected chi connectivity index (χ3v) is 7.79. The van der Waals surface area contributed by atoms with Crippen molar-refractivity contribution in [2.24, 2.45) is 4.99 Å². The van der Waals surface area contributed by atoms with Gasteiger partial charge < -0.3 is 4.57 Å². The molecule has 32 heavy (non-hydrogen) atoms. The van der Waals surface area contributed by atoms with Crippen LogP contribution in [0.25, 0.3) is 0 Å². The molecule has 0 N–H and O–H groups in total. The standard InChI is InChI=1S/C25H22Cl2N4S/c26-21-7-6-20(12-22(21)27)25(8-3-9-25)23-17-32-24(30-15-18-4-1-10-28-13-18)31(23)16-19-5-2-11-29-14-19/h1-2,4-7,10-14,17H,3,8-9,15-16H2. The smallest absolute Gasteiger partial charge is 0.185 e. The minimum Gasteiger partial charge on any atom is -0.316 e. The van der Waals surface area contributed by atoms with Gasteiger partial charge in [-0.15, -0.1) is 11.3 Å². The number of aromatic nitrogens is 3. The van der Waals surface area contributed by atoms with Gasteiger partial charge in [0.05, 0.1) is 23.1 Å². The zero-order valence-corrected chi connectivity index (χ0v) is 19.7. The lowest BCUT2D eigenvalue weighted by Crippen LogP contribution is -2.39. The summed E-state index contributed by atoms with van der Waals surface area (Å²) in [6, 6.07) is 14.1. The highest BCUT2D eigenvalue weighted by Crippen LogP contribution is 2.50. The lowest BCUT2D eigenvalue weighted by Gasteiger charge is -2.43. The molecular weight excluding hydrogens is 459 g/mol. The quantitative estimate of drug-likeness (QED) is 0.326. The van der Waals surface area contributed by atoms with Crippen LogP contribution in [-0.2, 0) is 18.5 Å². The highest BCUT2D eigenvalue weighted by Gasteiger charge is 2.43. The van der Waals surface area contributed by atoms with E-state index in [-0.39, 0.29) is 5.41 Å². The Hall–Kier alpha value is -2.47. The molecule has 4 nitrogen and oxygen atoms in total. The maximum Gasteiger partial charge on any atom is 0.185 e. The van der Waals surface area contributed by atoms with Crippen LogP contribution in [0.2, 0.25) is 10.0 Å². The Morgan fingerprint density at radius 3 is 2.34 bits per heavy atom. The van der Waals surface area contributed by atoms with Crippen molar-refractivity contribution in [3.63, 3.8) is 0 Å². The lowest BCUT2D eigenvalue weighted by molar-refractivity contribution is 0.284. The second-order valence-electron chi connectivity index (χ2n) is 8.09. The van der Waals surface area contributed by atoms with Crippen molar-refractivity contribution in [1.82, 2.24) is 14.5 Å². The van der Waals surface area contributed by atoms with Crippen molar-refractivity contribution in [2.45, 2.75) is 37.8 Å². The zero-order chi connectivity index (χ0) is 22.0. The van der Waals surface area contributed by atoms with Gasteiger partial charge in [0.1, 0.15) is 0 Å². The Morgan fingerprint density at radius 1 is 0.969 bits per heavy atom. The molecule has 0 unspecified atom stereocenters. The summed E-state index contributed by atoms with van der Waals surface area (Å²) in [6.45, 7) is 1.32. The first-order valence-corrected chi connectivity index (χ1v) is 12.2. The van der Waals surface area contributed by atoms with E-state index in [2.05, 4.69) is 38.1 Å². The third kappa shape index (κ3) is 4.13. The van der Waals surface area contributed by atoms with Gasteiger partial charge in [-0.05, 0) is 53.8 Å². The molecule has 5 rings (SSSR count). The summed E-state index contributed by atoms with van der Waals surface area (Å²) in [4.78, 5) is 14.5. The average molecular weight is 481 g/mol. The van der Waals surface area contributed by atoms with Crippen LogP contribution in [-0.4, -0.2) is 14.5 Å². The molecule has 0 amide bonds. The van der Waals surface area contributed by atoms with Crippen molar-refractivity contribution in [1.29, 1.82) is 0 Å². The predicted octanol–water partition coefficient (Wildman–Crippen LogP) is 6.27. The van der Waals surface area contributed by atoms with Crippen LogP contribution in [0.1, 0.15) is 41.6 Å². The van der Waals surface area contributed by atoms with Gasteiger partial charge in [0.15, 0.2) is 4.80 Å². The van der Waals surface area contributed by atoms with Crippen LogP contribution >= 0.6 is 34.5 Å². The molecule has 7 heteroatoms. The summed E-state index contributed by atoms with van der Waals surface area (Å²) >= 11 is 14.3. The minimum absolute atomic E-state index is 0.0744. The van der Waals surface area contributed by atoms with Crippen LogP contribution in [0, 0.1) is 0 Å². The average Bonchev–Trinajstić information content (AvgIpc) is 3.18. The first-order valence-electron chi connectivity index (χ1n) is 10.6. The number of hydrogen-bond donors (Lipinski definition) is 0. The van der Waals surface area contributed by atoms with Gasteiger partial charge in [0.2, 0.25) is 0 Å². The summed E-state index contributed by atoms with van der Waals surface area (Å²) in [5, 5.41) is 3.46. The molecule has 1 fully saturated rings. The molecule has 0 atom stereocenters. The number of hydrogen-bond acceptors (Lipinski definition) is 4. The Balaban J connectivity index is 1.61. The van der Waals surface area contributed by atoms with E-state index in [0.29, 0.717) is 16.6 Å². The Bertz CT molecular complexity index is 1280. The van der Waals surface area contributed by atoms with Gasteiger partial charge in [-0.25, -0.2) is 0 Å². The van der Waals surface area contributed by atoms with Crippen LogP contribution in [0.4, 0.5) is 0 Å². The molecule has 0 spiro atoms. The molecule has 3 aromatic heterocycles. The molecule has 3 heterocycles. The second-order valence-corrected chi connectivity index (χ2v) is 9.74. The van der Waals surface area contributed by atoms with E-state index >= 15 is 0 Å². The molecule has 0 aliphatic heterocycles. The first-order chi connectivity index (χ1) is 15.7. The third-order valence-electron chi connectivity index (χ3n) is 6.15. The summed E-state index contributed by atoms with van der Waals surface area (Å²) in [6.07, 6.45) is 10.7. The van der Waals surface area contributed by atoms with Crippen LogP contribution in [0.15, 0.2) is 77.6 Å². The van der Waals surface area contributed by atoms with Crippen LogP contribution in [0.3, 0.4) is 0 Å². The fourth-order valence-electron chi connectivity index (χ4n) is 4.33. The van der Waals surface area contributed by atoms with Crippen molar-refractivity contribution in [3.05, 3.63) is 110 Å². The molecule has 1 saturated carbocycles. The van der Waals surface area contributed by atoms with Gasteiger partial charge in [-0.3, -0.25) is 15.0 Å². The lowest BCUT2D eigenvalue weighted by atomic mass is 9.62. The largest absolute Gasteiger partial charge is 0.316 e. The van der Waals surface area contributed by atoms with Crippen molar-refractivity contribution in [3.8, 4) is 0 Å². The van der Waals surface area contributed by atoms with Crippen LogP contribution < -0.4 is 4.80 Å². The molecular formula is C25H22Cl2N4S. The predicted molar refractivity (Wildman–Crippen MR) is 130 cm³/mol. The number of pyridine rings is 2. The first kappa shape index (κ1) is 21.4. The van der Waals surface area contributed by atoms with E-state index in [1.54, 1.807) is 23.7 Å². The van der Waals surface area contributed by atoms with Crippen molar-refractivity contribution >= 4 is 34.5 Å². The fraction of sp³-hybridized carbons (Fsp3) is 0.240. The fourth-order valence-corrected chi connectivity index (χ4v) is 5.62. The number of benzene rings is 1. The Morgan fingerprint density at radius 2 is 1.72 bits per heavy atom. The van der Waals surface area contributed by atoms with E-state index < -0.39 is 0 Å². The van der Waals surface area contributed by atoms with E-state index in [1.165, 1.54) is 17.7 Å². The maximum atomic E-state index is 6.41. The zero-order valence-electron chi connectivity index (χ0n) is 17.4. The van der Waals surface area contributed by atoms with Gasteiger partial charge in [0.25, 0.3) is 0 Å². The van der Waals surface area contributed by atoms with E-state index in [4.69, 9.17) is 28.2 Å². The highest BCUT2D eigenvalue weighted by atomic mass is 35.5. The number of nitrogens with zero attached hydrogens (tertiary/aromatic N) is 4. The SMILES string of the molecule is Clc1ccc(C2(c3csc(=NCc4cccnc4)n3Cc3cccnc3)CCC2)cc1Cl. The van der Waals surface area contributed by atoms with E-state index in [1.807, 2.05) is 36.7 Å². The van der Waals surface area contributed by atoms with Gasteiger partial charge in [-0.2, -0.15) is 0 Å². The second kappa shape index (κ2) is 9.18. The normalized spacial score (nSPS) is 15.5. The molecule has 0 bridgehead atoms. The molecule has 4 aromatic rings. The maximum absolute atomic E-state index is 6.41. The van der Waals surface area contributed by atoms with E-state index in [0.717, 1.165) is 35.3 Å². The number of halogens is 2. The number of thiazole rings is 1. The van der Waals surface area contributed by atoms with E-state index in [9.17, 15) is 0 Å². The minimum atomic E-state index is -0.0744. The molecule has 0 saturated heterocycles. The number of rotatable bonds is 6. The summed E-state index contributed by atoms with van der Waals surface area (Å²) in [7, 11) is 0. The van der Waals surface area contributed by atoms with Crippen molar-refractivity contribution < 1.29 is 0 Å². The molecule has 162 valence electrons. The van der Waals surface area contributed by atoms with Gasteiger partial charge in [0, 0.05) is 41.3 Å². The molecule has 0 radical (unpaired) electrons. The Labute approximate surface area is 201 Å². The summed E-state index contributed by atoms with van der Waals surface area (Å²) in [5.41, 5.74) is 4.67. The van der Waals surface area contributed by atoms with Crippen molar-refractivity contribution in [2.75, 3.05) is 0 Å². The van der Waals surface area contributed by atoms with Gasteiger partial charge in [-0.1, -0.05) is 47.8 Å². The topological polar surface area (TPSA) is 43.1 Å². The van der Waals surface area contributed by atoms with Crippen LogP contribution in [0.5, 0.6) is 0 Å². The Kier molecular flexibility index (Phi) is 6.13. The highest BCUT2D eigenvalue weighted by molar-refractivity contribution is 7.07.